The Kier molecular flexibility index (Phi) is 6.86. The molecule has 37 heavy (non-hydrogen) atoms. The van der Waals surface area contributed by atoms with Crippen molar-refractivity contribution in [2.75, 3.05) is 20.9 Å². The summed E-state index contributed by atoms with van der Waals surface area (Å²) >= 11 is 0. The number of nitrogens with one attached hydrogen (secondary N) is 1. The van der Waals surface area contributed by atoms with Crippen LogP contribution in [0, 0.1) is 24.2 Å². The summed E-state index contributed by atoms with van der Waals surface area (Å²) in [6, 6.07) is 3.67. The fourth-order valence-electron chi connectivity index (χ4n) is 6.96. The number of nitrogens with zero attached hydrogens (tertiary/aromatic N) is 1. The highest BCUT2D eigenvalue weighted by molar-refractivity contribution is 6.05. The number of carbonyl (C=O) groups excluding carboxylic acids is 2. The van der Waals surface area contributed by atoms with E-state index in [0.717, 1.165) is 46.2 Å². The number of benzene rings is 1. The van der Waals surface area contributed by atoms with Crippen LogP contribution in [0.15, 0.2) is 53.4 Å². The molecule has 198 valence electrons. The number of amides is 1. The van der Waals surface area contributed by atoms with Gasteiger partial charge in [0.1, 0.15) is 0 Å². The minimum atomic E-state index is -0.676. The summed E-state index contributed by atoms with van der Waals surface area (Å²) in [5, 5.41) is 11.6. The topological polar surface area (TPSA) is 131 Å². The maximum Gasteiger partial charge on any atom is 0.409 e. The van der Waals surface area contributed by atoms with E-state index in [4.69, 9.17) is 16.6 Å². The molecule has 0 saturated heterocycles. The van der Waals surface area contributed by atoms with Crippen molar-refractivity contribution >= 4 is 17.4 Å². The number of rotatable bonds is 5. The predicted molar refractivity (Wildman–Crippen MR) is 144 cm³/mol. The van der Waals surface area contributed by atoms with Crippen LogP contribution in [0.4, 0.5) is 4.79 Å². The van der Waals surface area contributed by atoms with E-state index in [1.54, 1.807) is 0 Å². The lowest BCUT2D eigenvalue weighted by atomic mass is 9.51. The van der Waals surface area contributed by atoms with Gasteiger partial charge < -0.3 is 26.6 Å². The highest BCUT2D eigenvalue weighted by Crippen LogP contribution is 2.59. The molecule has 1 aromatic rings. The molecule has 0 saturated carbocycles. The third-order valence-electron chi connectivity index (χ3n) is 8.79. The van der Waals surface area contributed by atoms with E-state index < -0.39 is 18.3 Å². The molecule has 0 aliphatic heterocycles. The van der Waals surface area contributed by atoms with Gasteiger partial charge in [0.25, 0.3) is 0 Å². The summed E-state index contributed by atoms with van der Waals surface area (Å²) in [5.74, 6) is 0.0210. The van der Waals surface area contributed by atoms with Gasteiger partial charge in [-0.3, -0.25) is 9.69 Å². The molecule has 0 heterocycles. The van der Waals surface area contributed by atoms with Crippen molar-refractivity contribution in [1.82, 2.24) is 10.2 Å². The SMILES string of the molecule is C=C(N)C1=C(N)[C@@]2(C)C(C)=C3C(=C)c4c(C)ccc(CNC(=O)OCO)c4C[C@H]3C[C@H]2[C@H](N(C)C)C1=O. The van der Waals surface area contributed by atoms with E-state index in [1.165, 1.54) is 5.57 Å². The zero-order valence-corrected chi connectivity index (χ0v) is 22.4. The van der Waals surface area contributed by atoms with Crippen LogP contribution in [0.25, 0.3) is 5.57 Å². The van der Waals surface area contributed by atoms with Gasteiger partial charge in [0.05, 0.1) is 11.6 Å². The Labute approximate surface area is 218 Å². The van der Waals surface area contributed by atoms with Crippen LogP contribution in [-0.2, 0) is 22.5 Å². The van der Waals surface area contributed by atoms with Gasteiger partial charge in [-0.15, -0.1) is 0 Å². The molecule has 1 amide bonds. The van der Waals surface area contributed by atoms with E-state index in [9.17, 15) is 9.59 Å². The highest BCUT2D eigenvalue weighted by Gasteiger charge is 2.56. The number of aryl methyl sites for hydroxylation is 1. The number of likely N-dealkylation sites (N-methyl/N-ethyl adjacent to an activating group) is 1. The number of Topliss-reactive ketones (excluding diaryl/α,β-unsaturated/α-hetero) is 1. The Balaban J connectivity index is 1.87. The number of nitrogens with two attached hydrogens (primary N) is 2. The molecular formula is C29H38N4O4. The molecule has 0 aromatic heterocycles. The van der Waals surface area contributed by atoms with Crippen LogP contribution in [0.5, 0.6) is 0 Å². The molecule has 8 nitrogen and oxygen atoms in total. The lowest BCUT2D eigenvalue weighted by Crippen LogP contribution is -2.58. The first kappa shape index (κ1) is 26.7. The van der Waals surface area contributed by atoms with Crippen LogP contribution in [-0.4, -0.2) is 48.8 Å². The normalized spacial score (nSPS) is 27.1. The average Bonchev–Trinajstić information content (AvgIpc) is 2.80. The van der Waals surface area contributed by atoms with Gasteiger partial charge in [-0.1, -0.05) is 30.9 Å². The van der Waals surface area contributed by atoms with Crippen molar-refractivity contribution in [2.45, 2.75) is 46.2 Å². The fraction of sp³-hybridized carbons (Fsp3) is 0.448. The highest BCUT2D eigenvalue weighted by atomic mass is 16.6. The molecule has 6 N–H and O–H groups in total. The summed E-state index contributed by atoms with van der Waals surface area (Å²) in [4.78, 5) is 27.4. The van der Waals surface area contributed by atoms with Gasteiger partial charge >= 0.3 is 6.09 Å². The average molecular weight is 507 g/mol. The van der Waals surface area contributed by atoms with Gasteiger partial charge in [-0.2, -0.15) is 0 Å². The Morgan fingerprint density at radius 1 is 1.32 bits per heavy atom. The number of hydrogen-bond donors (Lipinski definition) is 4. The van der Waals surface area contributed by atoms with Gasteiger partial charge in [-0.05, 0) is 92.9 Å². The number of ketones is 1. The van der Waals surface area contributed by atoms with E-state index in [2.05, 4.69) is 44.0 Å². The third-order valence-corrected chi connectivity index (χ3v) is 8.79. The van der Waals surface area contributed by atoms with E-state index in [0.29, 0.717) is 11.3 Å². The van der Waals surface area contributed by atoms with E-state index in [-0.39, 0.29) is 35.9 Å². The second-order valence-electron chi connectivity index (χ2n) is 10.9. The second-order valence-corrected chi connectivity index (χ2v) is 10.9. The molecule has 0 unspecified atom stereocenters. The van der Waals surface area contributed by atoms with Crippen LogP contribution in [0.1, 0.15) is 42.5 Å². The molecule has 4 rings (SSSR count). The van der Waals surface area contributed by atoms with Gasteiger partial charge in [-0.25, -0.2) is 4.79 Å². The van der Waals surface area contributed by atoms with Crippen molar-refractivity contribution < 1.29 is 19.4 Å². The van der Waals surface area contributed by atoms with Crippen LogP contribution in [0.3, 0.4) is 0 Å². The zero-order valence-electron chi connectivity index (χ0n) is 22.4. The number of fused-ring (bicyclic) bond motifs is 3. The number of ether oxygens (including phenoxy) is 1. The van der Waals surface area contributed by atoms with Gasteiger partial charge in [0.15, 0.2) is 12.6 Å². The molecule has 4 atom stereocenters. The van der Waals surface area contributed by atoms with Gasteiger partial charge in [0.2, 0.25) is 0 Å². The number of carbonyl (C=O) groups is 2. The van der Waals surface area contributed by atoms with Crippen LogP contribution < -0.4 is 16.8 Å². The lowest BCUT2D eigenvalue weighted by Gasteiger charge is -2.55. The van der Waals surface area contributed by atoms with Crippen molar-refractivity contribution in [3.8, 4) is 0 Å². The van der Waals surface area contributed by atoms with Crippen molar-refractivity contribution in [1.29, 1.82) is 0 Å². The molecule has 0 fully saturated rings. The summed E-state index contributed by atoms with van der Waals surface area (Å²) in [6.45, 7) is 14.3. The zero-order chi connectivity index (χ0) is 27.4. The lowest BCUT2D eigenvalue weighted by molar-refractivity contribution is -0.124. The summed E-state index contributed by atoms with van der Waals surface area (Å²) in [5.41, 5.74) is 20.9. The van der Waals surface area contributed by atoms with Crippen LogP contribution in [0.2, 0.25) is 0 Å². The van der Waals surface area contributed by atoms with Crippen molar-refractivity contribution in [3.05, 3.63) is 75.7 Å². The minimum Gasteiger partial charge on any atom is -0.423 e. The molecule has 8 heteroatoms. The Morgan fingerprint density at radius 3 is 2.59 bits per heavy atom. The summed E-state index contributed by atoms with van der Waals surface area (Å²) in [7, 11) is 3.84. The Hall–Kier alpha value is -3.36. The largest absolute Gasteiger partial charge is 0.423 e. The summed E-state index contributed by atoms with van der Waals surface area (Å²) in [6.07, 6.45) is 0.843. The quantitative estimate of drug-likeness (QED) is 0.452. The standard InChI is InChI=1S/C29H38N4O4/c1-14-8-9-18(12-32-28(36)37-13-34)20-10-19-11-21-25(33(6)7)26(35)24(17(4)30)27(31)29(21,5)16(3)23(19)15(2)22(14)20/h8-9,19,21,25,34H,2,4,10-13,30-31H2,1,3,5-7H3,(H,32,36)/t19-,21-,25-,29-/m0/s1. The van der Waals surface area contributed by atoms with E-state index in [1.807, 2.05) is 31.1 Å². The number of allylic oxidation sites excluding steroid dienone is 4. The molecule has 0 bridgehead atoms. The number of hydrogen-bond acceptors (Lipinski definition) is 7. The number of aliphatic hydroxyl groups is 1. The maximum atomic E-state index is 13.6. The number of alkyl carbamates (subject to hydrolysis) is 1. The second kappa shape index (κ2) is 9.50. The van der Waals surface area contributed by atoms with Crippen molar-refractivity contribution in [3.63, 3.8) is 0 Å². The van der Waals surface area contributed by atoms with E-state index >= 15 is 0 Å². The Bertz CT molecular complexity index is 1270. The summed E-state index contributed by atoms with van der Waals surface area (Å²) < 4.78 is 4.62. The predicted octanol–water partition coefficient (Wildman–Crippen LogP) is 2.90. The molecule has 3 aliphatic rings. The Morgan fingerprint density at radius 2 is 2.00 bits per heavy atom. The molecule has 1 aromatic carbocycles. The first-order valence-electron chi connectivity index (χ1n) is 12.5. The van der Waals surface area contributed by atoms with Crippen molar-refractivity contribution in [2.24, 2.45) is 28.7 Å². The fourth-order valence-corrected chi connectivity index (χ4v) is 6.96. The number of aliphatic hydroxyl groups excluding tert-OH is 1. The third kappa shape index (κ3) is 3.99. The smallest absolute Gasteiger partial charge is 0.409 e. The first-order valence-corrected chi connectivity index (χ1v) is 12.5. The van der Waals surface area contributed by atoms with Crippen LogP contribution >= 0.6 is 0 Å². The first-order chi connectivity index (χ1) is 17.4. The van der Waals surface area contributed by atoms with Gasteiger partial charge in [0, 0.05) is 23.4 Å². The maximum absolute atomic E-state index is 13.6. The molecular weight excluding hydrogens is 468 g/mol. The molecule has 0 radical (unpaired) electrons. The monoisotopic (exact) mass is 506 g/mol. The minimum absolute atomic E-state index is 0.0490. The molecule has 3 aliphatic carbocycles. The molecule has 0 spiro atoms.